The Bertz CT molecular complexity index is 3640. The summed E-state index contributed by atoms with van der Waals surface area (Å²) in [6.45, 7) is 0. The number of aryl methyl sites for hydroxylation is 4. The molecule has 64 heavy (non-hydrogen) atoms. The van der Waals surface area contributed by atoms with Crippen molar-refractivity contribution in [2.24, 2.45) is 0 Å². The fraction of sp³-hybridized carbons (Fsp3) is 0.0702. The first kappa shape index (κ1) is 32.3. The molecule has 0 aliphatic rings. The molecule has 5 heterocycles. The van der Waals surface area contributed by atoms with Gasteiger partial charge >= 0.3 is 20.1 Å². The van der Waals surface area contributed by atoms with Crippen LogP contribution in [-0.2, 0) is 45.6 Å². The number of aromatic nitrogens is 6. The minimum Gasteiger partial charge on any atom is -0.304 e. The molecule has 0 N–H and O–H groups in total. The summed E-state index contributed by atoms with van der Waals surface area (Å²) < 4.78 is 77.9. The van der Waals surface area contributed by atoms with Gasteiger partial charge in [-0.3, -0.25) is 4.52 Å². The third-order valence-electron chi connectivity index (χ3n) is 10.7. The average Bonchev–Trinajstić information content (AvgIpc) is 3.88. The van der Waals surface area contributed by atoms with Crippen LogP contribution < -0.4 is 0 Å². The van der Waals surface area contributed by atoms with Crippen molar-refractivity contribution in [3.8, 4) is 56.2 Å². The standard InChI is InChI=1S/C57H39N6.Ir/c1-4-14-43(15-5-1)52-30-28-39(36-58-52)24-26-41-32-42(27-25-40-29-31-53(59-37-40)44-16-6-2-7-17-44)34-46(33-41)48-20-10-11-21-49(48)47-35-51-55(60-38-47)50-22-12-13-23-54(50)63-57(51)61-56(62-63)45-18-8-3-9-19-45;/h1-14,16,18-21,23,28-38H,24-27H2;/q-3;+3/i24D2,25D2,26D2,27D2;. The molecular formula is C57H39IrN6. The van der Waals surface area contributed by atoms with Crippen LogP contribution in [0, 0.1) is 18.2 Å². The van der Waals surface area contributed by atoms with Crippen LogP contribution in [0.4, 0.5) is 0 Å². The van der Waals surface area contributed by atoms with Crippen molar-refractivity contribution < 1.29 is 31.1 Å². The summed E-state index contributed by atoms with van der Waals surface area (Å²) >= 11 is 0. The van der Waals surface area contributed by atoms with Gasteiger partial charge in [-0.05, 0) is 93.0 Å². The van der Waals surface area contributed by atoms with Crippen molar-refractivity contribution in [3.05, 3.63) is 229 Å². The van der Waals surface area contributed by atoms with Gasteiger partial charge in [0.25, 0.3) is 0 Å². The van der Waals surface area contributed by atoms with E-state index in [0.29, 0.717) is 67.1 Å². The maximum atomic E-state index is 9.63. The number of benzene rings is 6. The molecule has 7 heteroatoms. The Morgan fingerprint density at radius 3 is 1.69 bits per heavy atom. The number of hydrogen-bond donors (Lipinski definition) is 0. The molecule has 0 saturated heterocycles. The Hall–Kier alpha value is -7.44. The predicted molar refractivity (Wildman–Crippen MR) is 253 cm³/mol. The van der Waals surface area contributed by atoms with Crippen LogP contribution >= 0.6 is 0 Å². The van der Waals surface area contributed by atoms with Gasteiger partial charge in [0.1, 0.15) is 5.65 Å². The second-order valence-electron chi connectivity index (χ2n) is 14.8. The van der Waals surface area contributed by atoms with Gasteiger partial charge in [0, 0.05) is 46.0 Å². The van der Waals surface area contributed by atoms with Crippen molar-refractivity contribution in [1.82, 2.24) is 29.5 Å². The first-order valence-corrected chi connectivity index (χ1v) is 20.4. The van der Waals surface area contributed by atoms with Crippen LogP contribution in [0.5, 0.6) is 0 Å². The van der Waals surface area contributed by atoms with E-state index in [-0.39, 0.29) is 42.4 Å². The van der Waals surface area contributed by atoms with Gasteiger partial charge in [-0.15, -0.1) is 96.1 Å². The monoisotopic (exact) mass is 1010 g/mol. The minimum absolute atomic E-state index is 0. The van der Waals surface area contributed by atoms with E-state index in [9.17, 15) is 11.0 Å². The van der Waals surface area contributed by atoms with Crippen LogP contribution in [0.25, 0.3) is 83.6 Å². The number of fused-ring (bicyclic) bond motifs is 6. The zero-order valence-corrected chi connectivity index (χ0v) is 36.3. The second-order valence-corrected chi connectivity index (χ2v) is 14.8. The van der Waals surface area contributed by atoms with E-state index in [0.717, 1.165) is 16.5 Å². The van der Waals surface area contributed by atoms with E-state index < -0.39 is 25.5 Å². The van der Waals surface area contributed by atoms with E-state index in [4.69, 9.17) is 15.1 Å². The summed E-state index contributed by atoms with van der Waals surface area (Å²) in [4.78, 5) is 19.0. The SMILES string of the molecule is [2H]C([2H])(c1ccc(-c2[c-]cccc2)nc1)C([2H])([2H])c1cc(-c2ccccc2-c2cnc3c4[c-]cccc4n4nc(-c5ccccc5)nc4c3c2)cc(C([2H])([2H])C([2H])([2H])c2ccc(-c3[c-]cccc3)nc2)c1.[Ir+3]. The third-order valence-corrected chi connectivity index (χ3v) is 10.7. The third kappa shape index (κ3) is 8.27. The first-order valence-electron chi connectivity index (χ1n) is 24.4. The number of hydrogen-bond acceptors (Lipinski definition) is 5. The molecule has 0 spiro atoms. The van der Waals surface area contributed by atoms with Gasteiger partial charge in [0.2, 0.25) is 0 Å². The molecule has 0 bridgehead atoms. The Morgan fingerprint density at radius 1 is 0.484 bits per heavy atom. The predicted octanol–water partition coefficient (Wildman–Crippen LogP) is 12.5. The molecule has 0 fully saturated rings. The van der Waals surface area contributed by atoms with E-state index in [1.807, 2.05) is 115 Å². The van der Waals surface area contributed by atoms with Crippen LogP contribution in [0.15, 0.2) is 188 Å². The maximum Gasteiger partial charge on any atom is 3.00 e. The summed E-state index contributed by atoms with van der Waals surface area (Å²) in [5.41, 5.74) is 6.93. The Kier molecular flexibility index (Phi) is 9.13. The van der Waals surface area contributed by atoms with Gasteiger partial charge in [-0.2, -0.15) is 5.10 Å². The largest absolute Gasteiger partial charge is 3.00 e. The van der Waals surface area contributed by atoms with Gasteiger partial charge in [0.15, 0.2) is 5.82 Å². The number of nitrogens with zero attached hydrogens (tertiary/aromatic N) is 6. The molecule has 6 aromatic carbocycles. The summed E-state index contributed by atoms with van der Waals surface area (Å²) in [6.07, 6.45) is -6.76. The quantitative estimate of drug-likeness (QED) is 0.0954. The zero-order chi connectivity index (χ0) is 49.1. The topological polar surface area (TPSA) is 68.9 Å². The molecule has 0 unspecified atom stereocenters. The molecule has 0 saturated carbocycles. The molecule has 6 nitrogen and oxygen atoms in total. The van der Waals surface area contributed by atoms with E-state index in [1.165, 1.54) is 42.7 Å². The minimum atomic E-state index is -2.83. The van der Waals surface area contributed by atoms with E-state index in [2.05, 4.69) is 28.2 Å². The van der Waals surface area contributed by atoms with Crippen LogP contribution in [0.3, 0.4) is 0 Å². The van der Waals surface area contributed by atoms with E-state index >= 15 is 0 Å². The summed E-state index contributed by atoms with van der Waals surface area (Å²) in [7, 11) is 0. The van der Waals surface area contributed by atoms with Crippen LogP contribution in [0.1, 0.15) is 33.2 Å². The molecule has 11 rings (SSSR count). The van der Waals surface area contributed by atoms with Crippen LogP contribution in [-0.4, -0.2) is 29.5 Å². The van der Waals surface area contributed by atoms with Crippen molar-refractivity contribution in [1.29, 1.82) is 0 Å². The fourth-order valence-electron chi connectivity index (χ4n) is 7.70. The summed E-state index contributed by atoms with van der Waals surface area (Å²) in [5, 5.41) is 6.37. The Balaban J connectivity index is 0.00000596. The van der Waals surface area contributed by atoms with Gasteiger partial charge < -0.3 is 15.0 Å². The molecule has 0 aliphatic heterocycles. The first-order chi connectivity index (χ1) is 34.2. The fourth-order valence-corrected chi connectivity index (χ4v) is 7.70. The van der Waals surface area contributed by atoms with Gasteiger partial charge in [0.05, 0.1) is 0 Å². The Labute approximate surface area is 397 Å². The molecular weight excluding hydrogens is 961 g/mol. The molecule has 0 amide bonds. The molecule has 0 aliphatic carbocycles. The van der Waals surface area contributed by atoms with E-state index in [1.54, 1.807) is 35.0 Å². The molecule has 0 atom stereocenters. The van der Waals surface area contributed by atoms with Crippen molar-refractivity contribution in [2.75, 3.05) is 0 Å². The number of rotatable bonds is 11. The maximum absolute atomic E-state index is 9.63. The van der Waals surface area contributed by atoms with Crippen molar-refractivity contribution >= 4 is 27.5 Å². The molecule has 5 aromatic heterocycles. The average molecular weight is 1010 g/mol. The summed E-state index contributed by atoms with van der Waals surface area (Å²) in [6, 6.07) is 59.2. The molecule has 306 valence electrons. The Morgan fingerprint density at radius 2 is 1.08 bits per heavy atom. The van der Waals surface area contributed by atoms with Gasteiger partial charge in [-0.25, -0.2) is 4.98 Å². The van der Waals surface area contributed by atoms with Crippen LogP contribution in [0.2, 0.25) is 0 Å². The molecule has 11 aromatic rings. The summed E-state index contributed by atoms with van der Waals surface area (Å²) in [5.74, 6) is 0.532. The van der Waals surface area contributed by atoms with Crippen molar-refractivity contribution in [2.45, 2.75) is 25.5 Å². The number of pyridine rings is 4. The van der Waals surface area contributed by atoms with Crippen molar-refractivity contribution in [3.63, 3.8) is 0 Å². The zero-order valence-electron chi connectivity index (χ0n) is 41.9. The smallest absolute Gasteiger partial charge is 0.304 e. The van der Waals surface area contributed by atoms with Gasteiger partial charge in [-0.1, -0.05) is 102 Å². The normalized spacial score (nSPS) is 14.0. The molecule has 0 radical (unpaired) electrons. The second kappa shape index (κ2) is 18.1.